The number of allylic oxidation sites excluding steroid dienone is 28. The van der Waals surface area contributed by atoms with Crippen LogP contribution in [0.15, 0.2) is 295 Å². The molecule has 2 unspecified atom stereocenters. The maximum atomic E-state index is 2.59. The first kappa shape index (κ1) is 47.1. The number of para-hydroxylation sites is 3. The highest BCUT2D eigenvalue weighted by molar-refractivity contribution is 6.86. The number of hydrogen-bond donors (Lipinski definition) is 0. The number of nitrogens with zero attached hydrogens (tertiary/aromatic N) is 2. The molecule has 2 nitrogen and oxygen atoms in total. The molecule has 1 saturated carbocycles. The molecule has 4 heteroatoms. The molecule has 0 radical (unpaired) electrons. The second-order valence-electron chi connectivity index (χ2n) is 20.9. The molecule has 2 aromatic heterocycles. The molecule has 2 heterocycles. The van der Waals surface area contributed by atoms with E-state index in [1.807, 2.05) is 12.2 Å². The van der Waals surface area contributed by atoms with Crippen molar-refractivity contribution in [1.29, 1.82) is 0 Å². The summed E-state index contributed by atoms with van der Waals surface area (Å²) in [4.78, 5) is 0. The van der Waals surface area contributed by atoms with E-state index >= 15 is 0 Å². The lowest BCUT2D eigenvalue weighted by Gasteiger charge is -2.23. The van der Waals surface area contributed by atoms with Crippen molar-refractivity contribution in [3.05, 3.63) is 306 Å². The first-order chi connectivity index (χ1) is 37.7. The lowest BCUT2D eigenvalue weighted by Crippen LogP contribution is -2.36. The zero-order valence-corrected chi connectivity index (χ0v) is 43.2. The Bertz CT molecular complexity index is 4020. The Morgan fingerprint density at radius 1 is 0.474 bits per heavy atom. The zero-order valence-electron chi connectivity index (χ0n) is 43.2. The van der Waals surface area contributed by atoms with Crippen LogP contribution in [0.4, 0.5) is 0 Å². The lowest BCUT2D eigenvalue weighted by atomic mass is 9.34. The lowest BCUT2D eigenvalue weighted by molar-refractivity contribution is 0.960. The first-order valence-electron chi connectivity index (χ1n) is 27.4. The molecule has 0 aliphatic heterocycles. The Labute approximate surface area is 448 Å². The molecule has 8 aromatic rings. The summed E-state index contributed by atoms with van der Waals surface area (Å²) in [7, 11) is 0. The Hall–Kier alpha value is -8.59. The Balaban J connectivity index is 0.000000734. The van der Waals surface area contributed by atoms with Crippen LogP contribution in [-0.4, -0.2) is 22.6 Å². The van der Waals surface area contributed by atoms with Gasteiger partial charge in [-0.05, 0) is 109 Å². The summed E-state index contributed by atoms with van der Waals surface area (Å²) in [6.07, 6.45) is 54.9. The SMILES string of the molecule is C1=CC=CCC=C1.CB(C1=CCC=CC=C1)C1=CCC(c2cc(C3=CC4CC4C(B(C4=CC=CCC=C4)c4ccccc4)=C3)cc(-n3c4ccccc4c4ccc5c6ccccc6n(-c6ccccc6)c5c43)c2)=CC=C1. The molecule has 6 aliphatic rings. The van der Waals surface area contributed by atoms with Gasteiger partial charge in [0.05, 0.1) is 22.1 Å². The van der Waals surface area contributed by atoms with E-state index in [0.29, 0.717) is 18.5 Å². The van der Waals surface area contributed by atoms with Gasteiger partial charge in [0.15, 0.2) is 0 Å². The predicted molar refractivity (Wildman–Crippen MR) is 330 cm³/mol. The van der Waals surface area contributed by atoms with Gasteiger partial charge in [0.2, 0.25) is 13.4 Å². The average molecular weight is 975 g/mol. The van der Waals surface area contributed by atoms with Gasteiger partial charge in [0, 0.05) is 32.9 Å². The van der Waals surface area contributed by atoms with Crippen LogP contribution >= 0.6 is 0 Å². The fourth-order valence-electron chi connectivity index (χ4n) is 12.3. The topological polar surface area (TPSA) is 9.86 Å². The van der Waals surface area contributed by atoms with Crippen molar-refractivity contribution < 1.29 is 0 Å². The van der Waals surface area contributed by atoms with Crippen molar-refractivity contribution in [3.63, 3.8) is 0 Å². The summed E-state index contributed by atoms with van der Waals surface area (Å²) in [5.41, 5.74) is 19.3. The van der Waals surface area contributed by atoms with E-state index in [4.69, 9.17) is 0 Å². The van der Waals surface area contributed by atoms with Gasteiger partial charge >= 0.3 is 0 Å². The fraction of sp³-hybridized carbons (Fsp3) is 0.111. The highest BCUT2D eigenvalue weighted by Crippen LogP contribution is 2.52. The molecular formula is C72H60B2N2. The van der Waals surface area contributed by atoms with Crippen LogP contribution in [-0.2, 0) is 0 Å². The maximum absolute atomic E-state index is 2.59. The minimum absolute atomic E-state index is 0.187. The van der Waals surface area contributed by atoms with Crippen molar-refractivity contribution >= 4 is 73.6 Å². The summed E-state index contributed by atoms with van der Waals surface area (Å²) < 4.78 is 5.08. The smallest absolute Gasteiger partial charge is 0.237 e. The quantitative estimate of drug-likeness (QED) is 0.128. The number of aromatic nitrogens is 2. The van der Waals surface area contributed by atoms with Gasteiger partial charge in [-0.1, -0.05) is 265 Å². The standard InChI is InChI=1S/C65H52B2N2.C7H8/c1-66(50-22-8-2-3-9-23-50)51-28-20-21-45(35-36-51)46-39-47(48-40-49-43-60(49)61(44-48)67(53-26-12-6-13-27-53)52-24-10-4-5-11-25-52)42-55(41-46)69-63-34-19-17-32-57(63)59-38-37-58-56-31-16-18-33-62(56)68(64(58)65(59)69)54-29-14-7-15-30-54;1-2-4-6-7-5-3-1/h2-4,6-8,10-34,36-42,44,49,60H,5,9,35,43H2,1H3;1-6H,7H2. The molecule has 6 aromatic carbocycles. The highest BCUT2D eigenvalue weighted by atomic mass is 15.0. The van der Waals surface area contributed by atoms with E-state index in [0.717, 1.165) is 31.4 Å². The third-order valence-electron chi connectivity index (χ3n) is 16.2. The van der Waals surface area contributed by atoms with E-state index in [9.17, 15) is 0 Å². The number of hydrogen-bond acceptors (Lipinski definition) is 0. The summed E-state index contributed by atoms with van der Waals surface area (Å²) >= 11 is 0. The van der Waals surface area contributed by atoms with E-state index < -0.39 is 0 Å². The van der Waals surface area contributed by atoms with Gasteiger partial charge in [-0.25, -0.2) is 0 Å². The van der Waals surface area contributed by atoms with Crippen molar-refractivity contribution in [2.24, 2.45) is 11.8 Å². The molecule has 0 bridgehead atoms. The summed E-state index contributed by atoms with van der Waals surface area (Å²) in [6.45, 7) is 2.84. The van der Waals surface area contributed by atoms with Gasteiger partial charge in [-0.3, -0.25) is 0 Å². The van der Waals surface area contributed by atoms with Crippen LogP contribution < -0.4 is 5.46 Å². The number of benzene rings is 6. The van der Waals surface area contributed by atoms with Crippen LogP contribution in [0.3, 0.4) is 0 Å². The van der Waals surface area contributed by atoms with Crippen molar-refractivity contribution in [2.75, 3.05) is 0 Å². The molecule has 0 saturated heterocycles. The third kappa shape index (κ3) is 9.13. The molecule has 6 aliphatic carbocycles. The van der Waals surface area contributed by atoms with E-state index in [-0.39, 0.29) is 6.71 Å². The van der Waals surface area contributed by atoms with Crippen molar-refractivity contribution in [1.82, 2.24) is 9.13 Å². The van der Waals surface area contributed by atoms with E-state index in [2.05, 4.69) is 277 Å². The summed E-state index contributed by atoms with van der Waals surface area (Å²) in [5.74, 6) is 1.07. The molecule has 1 fully saturated rings. The summed E-state index contributed by atoms with van der Waals surface area (Å²) in [5, 5.41) is 5.02. The zero-order chi connectivity index (χ0) is 50.8. The number of fused-ring (bicyclic) bond motifs is 8. The molecular weight excluding hydrogens is 914 g/mol. The molecule has 0 amide bonds. The van der Waals surface area contributed by atoms with Crippen LogP contribution in [0, 0.1) is 11.8 Å². The minimum Gasteiger partial charge on any atom is -0.307 e. The van der Waals surface area contributed by atoms with Crippen LogP contribution in [0.1, 0.15) is 43.2 Å². The van der Waals surface area contributed by atoms with Crippen molar-refractivity contribution in [3.8, 4) is 11.4 Å². The van der Waals surface area contributed by atoms with Gasteiger partial charge in [0.25, 0.3) is 0 Å². The van der Waals surface area contributed by atoms with Crippen LogP contribution in [0.2, 0.25) is 6.82 Å². The van der Waals surface area contributed by atoms with Gasteiger partial charge in [-0.2, -0.15) is 0 Å². The average Bonchev–Trinajstić information content (AvgIpc) is 4.36. The molecule has 76 heavy (non-hydrogen) atoms. The fourth-order valence-corrected chi connectivity index (χ4v) is 12.3. The Morgan fingerprint density at radius 3 is 1.86 bits per heavy atom. The molecule has 364 valence electrons. The second kappa shape index (κ2) is 21.0. The minimum atomic E-state index is 0.187. The Kier molecular flexibility index (Phi) is 13.0. The van der Waals surface area contributed by atoms with Crippen molar-refractivity contribution in [2.45, 2.75) is 38.9 Å². The number of rotatable bonds is 9. The largest absolute Gasteiger partial charge is 0.307 e. The van der Waals surface area contributed by atoms with Crippen LogP contribution in [0.5, 0.6) is 0 Å². The van der Waals surface area contributed by atoms with Gasteiger partial charge in [-0.15, -0.1) is 0 Å². The molecule has 2 atom stereocenters. The van der Waals surface area contributed by atoms with Crippen LogP contribution in [0.25, 0.3) is 66.1 Å². The van der Waals surface area contributed by atoms with E-state index in [1.165, 1.54) is 105 Å². The predicted octanol–water partition coefficient (Wildman–Crippen LogP) is 17.7. The molecule has 0 spiro atoms. The third-order valence-corrected chi connectivity index (χ3v) is 16.2. The second-order valence-corrected chi connectivity index (χ2v) is 20.9. The van der Waals surface area contributed by atoms with E-state index in [1.54, 1.807) is 0 Å². The first-order valence-corrected chi connectivity index (χ1v) is 27.4. The molecule has 14 rings (SSSR count). The maximum Gasteiger partial charge on any atom is 0.237 e. The van der Waals surface area contributed by atoms with Gasteiger partial charge in [0.1, 0.15) is 0 Å². The molecule has 0 N–H and O–H groups in total. The Morgan fingerprint density at radius 2 is 1.09 bits per heavy atom. The van der Waals surface area contributed by atoms with Gasteiger partial charge < -0.3 is 9.13 Å². The highest BCUT2D eigenvalue weighted by Gasteiger charge is 2.45. The summed E-state index contributed by atoms with van der Waals surface area (Å²) in [6, 6.07) is 52.2. The normalized spacial score (nSPS) is 18.4. The monoisotopic (exact) mass is 974 g/mol.